The second kappa shape index (κ2) is 6.22. The fourth-order valence-electron chi connectivity index (χ4n) is 3.77. The van der Waals surface area contributed by atoms with Crippen LogP contribution in [0.25, 0.3) is 0 Å². The van der Waals surface area contributed by atoms with Crippen molar-refractivity contribution in [1.82, 2.24) is 4.31 Å². The molecule has 0 amide bonds. The third-order valence-corrected chi connectivity index (χ3v) is 6.64. The fourth-order valence-corrected chi connectivity index (χ4v) is 4.63. The van der Waals surface area contributed by atoms with Crippen LogP contribution in [0.3, 0.4) is 0 Å². The lowest BCUT2D eigenvalue weighted by atomic mass is 9.91. The molecule has 1 aromatic rings. The number of hydrogen-bond donors (Lipinski definition) is 2. The minimum absolute atomic E-state index is 0.0193. The van der Waals surface area contributed by atoms with E-state index in [1.807, 2.05) is 0 Å². The Morgan fingerprint density at radius 3 is 2.60 bits per heavy atom. The third kappa shape index (κ3) is 3.18. The molecular weight excluding hydrogens is 376 g/mol. The molecule has 0 unspecified atom stereocenters. The predicted molar refractivity (Wildman–Crippen MR) is 91.3 cm³/mol. The Labute approximate surface area is 150 Å². The van der Waals surface area contributed by atoms with E-state index in [0.29, 0.717) is 16.5 Å². The van der Waals surface area contributed by atoms with Gasteiger partial charge in [0, 0.05) is 30.1 Å². The third-order valence-electron chi connectivity index (χ3n) is 5.32. The number of methoxy groups -OCH3 is 1. The summed E-state index contributed by atoms with van der Waals surface area (Å²) in [5.41, 5.74) is -0.623. The fraction of sp³-hybridized carbons (Fsp3) is 0.600. The van der Waals surface area contributed by atoms with E-state index in [1.54, 1.807) is 18.2 Å². The van der Waals surface area contributed by atoms with Crippen molar-refractivity contribution in [3.63, 3.8) is 0 Å². The van der Waals surface area contributed by atoms with Gasteiger partial charge in [0.15, 0.2) is 0 Å². The van der Waals surface area contributed by atoms with E-state index in [-0.39, 0.29) is 32.5 Å². The molecule has 1 spiro atoms. The first kappa shape index (κ1) is 18.6. The van der Waals surface area contributed by atoms with Crippen molar-refractivity contribution in [2.24, 2.45) is 16.5 Å². The number of piperidine rings is 1. The minimum Gasteiger partial charge on any atom is -0.495 e. The summed E-state index contributed by atoms with van der Waals surface area (Å²) in [6, 6.07) is 4.94. The van der Waals surface area contributed by atoms with Crippen molar-refractivity contribution in [1.29, 1.82) is 0 Å². The van der Waals surface area contributed by atoms with Crippen LogP contribution in [0.1, 0.15) is 12.8 Å². The number of nitrogens with two attached hydrogens (primary N) is 1. The summed E-state index contributed by atoms with van der Waals surface area (Å²) < 4.78 is 57.8. The van der Waals surface area contributed by atoms with E-state index in [9.17, 15) is 17.2 Å². The maximum absolute atomic E-state index is 14.4. The highest BCUT2D eigenvalue weighted by atomic mass is 35.5. The van der Waals surface area contributed by atoms with E-state index < -0.39 is 27.5 Å². The van der Waals surface area contributed by atoms with Crippen molar-refractivity contribution in [2.75, 3.05) is 32.1 Å². The molecule has 25 heavy (non-hydrogen) atoms. The van der Waals surface area contributed by atoms with Crippen LogP contribution in [-0.2, 0) is 10.2 Å². The van der Waals surface area contributed by atoms with Crippen LogP contribution < -0.4 is 15.2 Å². The zero-order valence-corrected chi connectivity index (χ0v) is 15.2. The van der Waals surface area contributed by atoms with Gasteiger partial charge in [-0.1, -0.05) is 11.6 Å². The summed E-state index contributed by atoms with van der Waals surface area (Å²) in [7, 11) is -2.34. The summed E-state index contributed by atoms with van der Waals surface area (Å²) in [5, 5.41) is 8.54. The van der Waals surface area contributed by atoms with Crippen LogP contribution >= 0.6 is 11.6 Å². The van der Waals surface area contributed by atoms with E-state index in [4.69, 9.17) is 21.5 Å². The molecule has 1 atom stereocenters. The maximum Gasteiger partial charge on any atom is 0.276 e. The molecule has 1 saturated carbocycles. The largest absolute Gasteiger partial charge is 0.495 e. The quantitative estimate of drug-likeness (QED) is 0.801. The Hall–Kier alpha value is -1.16. The van der Waals surface area contributed by atoms with Gasteiger partial charge in [-0.2, -0.15) is 12.7 Å². The van der Waals surface area contributed by atoms with Crippen LogP contribution in [0.15, 0.2) is 18.2 Å². The number of rotatable bonds is 5. The molecule has 1 heterocycles. The van der Waals surface area contributed by atoms with Gasteiger partial charge in [-0.3, -0.25) is 0 Å². The van der Waals surface area contributed by atoms with Gasteiger partial charge in [0.1, 0.15) is 5.75 Å². The Bertz CT molecular complexity index is 767. The van der Waals surface area contributed by atoms with Crippen LogP contribution in [0.5, 0.6) is 5.75 Å². The average Bonchev–Trinajstić information content (AvgIpc) is 2.98. The van der Waals surface area contributed by atoms with Crippen molar-refractivity contribution in [2.45, 2.75) is 18.8 Å². The average molecular weight is 396 g/mol. The van der Waals surface area contributed by atoms with E-state index in [1.165, 1.54) is 7.11 Å². The van der Waals surface area contributed by atoms with Gasteiger partial charge in [0.2, 0.25) is 0 Å². The molecule has 1 aliphatic carbocycles. The number of hydrogen-bond acceptors (Lipinski definition) is 4. The van der Waals surface area contributed by atoms with Crippen LogP contribution in [0.2, 0.25) is 5.02 Å². The first-order chi connectivity index (χ1) is 11.6. The van der Waals surface area contributed by atoms with Gasteiger partial charge in [-0.15, -0.1) is 0 Å². The molecule has 0 bridgehead atoms. The summed E-state index contributed by atoms with van der Waals surface area (Å²) >= 11 is 5.94. The lowest BCUT2D eigenvalue weighted by molar-refractivity contribution is 0.0395. The highest BCUT2D eigenvalue weighted by Crippen LogP contribution is 2.70. The first-order valence-corrected chi connectivity index (χ1v) is 9.73. The predicted octanol–water partition coefficient (Wildman–Crippen LogP) is 2.31. The van der Waals surface area contributed by atoms with Gasteiger partial charge in [-0.25, -0.2) is 13.9 Å². The molecule has 6 nitrogen and oxygen atoms in total. The molecule has 1 aromatic carbocycles. The lowest BCUT2D eigenvalue weighted by Gasteiger charge is -2.30. The second-order valence-electron chi connectivity index (χ2n) is 6.50. The molecule has 3 N–H and O–H groups in total. The Kier molecular flexibility index (Phi) is 4.64. The Balaban J connectivity index is 1.68. The second-order valence-corrected chi connectivity index (χ2v) is 8.48. The SMILES string of the molecule is COc1ccc(Cl)cc1NC[C@@H]1C(F)(F)C12CCN(S(N)(=O)=O)CC2. The number of halogens is 3. The molecule has 2 aliphatic rings. The summed E-state index contributed by atoms with van der Waals surface area (Å²) in [5.74, 6) is -3.19. The molecule has 10 heteroatoms. The van der Waals surface area contributed by atoms with E-state index in [2.05, 4.69) is 5.32 Å². The number of alkyl halides is 2. The van der Waals surface area contributed by atoms with Crippen molar-refractivity contribution >= 4 is 27.5 Å². The maximum atomic E-state index is 14.4. The number of benzene rings is 1. The monoisotopic (exact) mass is 395 g/mol. The number of nitrogens with one attached hydrogen (secondary N) is 1. The van der Waals surface area contributed by atoms with Gasteiger partial charge in [0.25, 0.3) is 16.1 Å². The van der Waals surface area contributed by atoms with E-state index >= 15 is 0 Å². The zero-order chi connectivity index (χ0) is 18.5. The van der Waals surface area contributed by atoms with Gasteiger partial charge in [0.05, 0.1) is 18.7 Å². The number of ether oxygens (including phenoxy) is 1. The summed E-state index contributed by atoms with van der Waals surface area (Å²) in [6.45, 7) is 0.0932. The topological polar surface area (TPSA) is 84.7 Å². The molecule has 1 saturated heterocycles. The molecule has 3 rings (SSSR count). The summed E-state index contributed by atoms with van der Waals surface area (Å²) in [6.07, 6.45) is 0.185. The minimum atomic E-state index is -3.83. The molecule has 0 aromatic heterocycles. The number of anilines is 1. The normalized spacial score (nSPS) is 24.9. The molecule has 2 fully saturated rings. The standard InChI is InChI=1S/C15H20ClF2N3O3S/c1-24-12-3-2-10(16)8-11(12)20-9-13-14(15(13,17)18)4-6-21(7-5-14)25(19,22)23/h2-3,8,13,20H,4-7,9H2,1H3,(H2,19,22,23)/t13-/m0/s1. The highest BCUT2D eigenvalue weighted by molar-refractivity contribution is 7.86. The molecule has 0 radical (unpaired) electrons. The smallest absolute Gasteiger partial charge is 0.276 e. The van der Waals surface area contributed by atoms with E-state index in [0.717, 1.165) is 4.31 Å². The molecule has 140 valence electrons. The first-order valence-electron chi connectivity index (χ1n) is 7.85. The van der Waals surface area contributed by atoms with Crippen LogP contribution in [0.4, 0.5) is 14.5 Å². The zero-order valence-electron chi connectivity index (χ0n) is 13.6. The Morgan fingerprint density at radius 1 is 1.40 bits per heavy atom. The van der Waals surface area contributed by atoms with Gasteiger partial charge >= 0.3 is 0 Å². The van der Waals surface area contributed by atoms with Crippen molar-refractivity contribution < 1.29 is 21.9 Å². The van der Waals surface area contributed by atoms with Crippen LogP contribution in [-0.4, -0.2) is 45.4 Å². The van der Waals surface area contributed by atoms with Crippen molar-refractivity contribution in [3.05, 3.63) is 23.2 Å². The highest BCUT2D eigenvalue weighted by Gasteiger charge is 2.79. The molecular formula is C15H20ClF2N3O3S. The summed E-state index contributed by atoms with van der Waals surface area (Å²) in [4.78, 5) is 0. The van der Waals surface area contributed by atoms with Gasteiger partial charge in [-0.05, 0) is 31.0 Å². The van der Waals surface area contributed by atoms with Crippen LogP contribution in [0, 0.1) is 11.3 Å². The lowest BCUT2D eigenvalue weighted by Crippen LogP contribution is -2.44. The van der Waals surface area contributed by atoms with Gasteiger partial charge < -0.3 is 10.1 Å². The Morgan fingerprint density at radius 2 is 2.04 bits per heavy atom. The molecule has 1 aliphatic heterocycles. The van der Waals surface area contributed by atoms with Crippen molar-refractivity contribution in [3.8, 4) is 5.75 Å². The number of nitrogens with zero attached hydrogens (tertiary/aromatic N) is 1.